The van der Waals surface area contributed by atoms with Crippen LogP contribution < -0.4 is 4.31 Å². The van der Waals surface area contributed by atoms with Gasteiger partial charge >= 0.3 is 5.97 Å². The number of para-hydroxylation sites is 1. The van der Waals surface area contributed by atoms with Crippen molar-refractivity contribution in [1.82, 2.24) is 0 Å². The van der Waals surface area contributed by atoms with Crippen molar-refractivity contribution >= 4 is 21.7 Å². The zero-order valence-electron chi connectivity index (χ0n) is 10.0. The van der Waals surface area contributed by atoms with Crippen LogP contribution >= 0.6 is 0 Å². The summed E-state index contributed by atoms with van der Waals surface area (Å²) < 4.78 is 24.8. The van der Waals surface area contributed by atoms with Crippen molar-refractivity contribution in [2.24, 2.45) is 5.92 Å². The maximum atomic E-state index is 11.8. The van der Waals surface area contributed by atoms with Gasteiger partial charge in [0.2, 0.25) is 10.0 Å². The van der Waals surface area contributed by atoms with Crippen LogP contribution in [-0.4, -0.2) is 32.3 Å². The van der Waals surface area contributed by atoms with E-state index in [-0.39, 0.29) is 18.9 Å². The van der Waals surface area contributed by atoms with Crippen LogP contribution in [0.25, 0.3) is 0 Å². The highest BCUT2D eigenvalue weighted by Crippen LogP contribution is 2.32. The molecule has 0 radical (unpaired) electrons. The second kappa shape index (κ2) is 4.61. The molecular formula is C12H15NO4S. The number of nitrogens with zero attached hydrogens (tertiary/aromatic N) is 1. The Kier molecular flexibility index (Phi) is 3.30. The van der Waals surface area contributed by atoms with E-state index >= 15 is 0 Å². The Balaban J connectivity index is 2.38. The van der Waals surface area contributed by atoms with Crippen LogP contribution in [0.4, 0.5) is 5.69 Å². The molecule has 0 amide bonds. The molecule has 98 valence electrons. The molecule has 0 spiro atoms. The number of hydrogen-bond donors (Lipinski definition) is 1. The van der Waals surface area contributed by atoms with Crippen LogP contribution in [0.3, 0.4) is 0 Å². The van der Waals surface area contributed by atoms with Gasteiger partial charge in [0.1, 0.15) is 0 Å². The summed E-state index contributed by atoms with van der Waals surface area (Å²) in [5, 5.41) is 8.83. The monoisotopic (exact) mass is 269 g/mol. The molecule has 0 saturated carbocycles. The van der Waals surface area contributed by atoms with Crippen molar-refractivity contribution in [3.05, 3.63) is 29.8 Å². The van der Waals surface area contributed by atoms with Gasteiger partial charge in [-0.3, -0.25) is 9.10 Å². The summed E-state index contributed by atoms with van der Waals surface area (Å²) in [7, 11) is -3.37. The molecule has 1 aromatic rings. The van der Waals surface area contributed by atoms with Gasteiger partial charge in [-0.2, -0.15) is 0 Å². The lowest BCUT2D eigenvalue weighted by Gasteiger charge is -2.33. The van der Waals surface area contributed by atoms with E-state index in [2.05, 4.69) is 0 Å². The standard InChI is InChI=1S/C12H15NO4S/c1-18(16,17)13-8-9(7-12(14)15)6-10-4-2-3-5-11(10)13/h2-5,9H,6-8H2,1H3,(H,14,15)/t9-/m0/s1. The molecule has 1 aromatic carbocycles. The van der Waals surface area contributed by atoms with Crippen molar-refractivity contribution < 1.29 is 18.3 Å². The fourth-order valence-corrected chi connectivity index (χ4v) is 3.35. The Labute approximate surface area is 106 Å². The number of sulfonamides is 1. The van der Waals surface area contributed by atoms with E-state index in [0.717, 1.165) is 11.8 Å². The van der Waals surface area contributed by atoms with Gasteiger partial charge in [-0.25, -0.2) is 8.42 Å². The number of aliphatic carboxylic acids is 1. The van der Waals surface area contributed by atoms with Crippen LogP contribution in [0.2, 0.25) is 0 Å². The number of rotatable bonds is 3. The van der Waals surface area contributed by atoms with Gasteiger partial charge < -0.3 is 5.11 Å². The summed E-state index contributed by atoms with van der Waals surface area (Å²) in [5.74, 6) is -1.07. The Bertz CT molecular complexity index is 567. The molecule has 1 heterocycles. The number of anilines is 1. The van der Waals surface area contributed by atoms with E-state index in [4.69, 9.17) is 5.11 Å². The van der Waals surface area contributed by atoms with E-state index in [1.54, 1.807) is 12.1 Å². The maximum Gasteiger partial charge on any atom is 0.303 e. The van der Waals surface area contributed by atoms with E-state index < -0.39 is 16.0 Å². The first-order valence-electron chi connectivity index (χ1n) is 5.65. The largest absolute Gasteiger partial charge is 0.481 e. The smallest absolute Gasteiger partial charge is 0.303 e. The third kappa shape index (κ3) is 2.64. The predicted molar refractivity (Wildman–Crippen MR) is 68.1 cm³/mol. The lowest BCUT2D eigenvalue weighted by Crippen LogP contribution is -2.40. The minimum Gasteiger partial charge on any atom is -0.481 e. The molecule has 0 bridgehead atoms. The number of carboxylic acid groups (broad SMARTS) is 1. The first-order chi connectivity index (χ1) is 8.38. The van der Waals surface area contributed by atoms with Gasteiger partial charge in [-0.15, -0.1) is 0 Å². The number of hydrogen-bond acceptors (Lipinski definition) is 3. The van der Waals surface area contributed by atoms with Crippen molar-refractivity contribution in [1.29, 1.82) is 0 Å². The number of carbonyl (C=O) groups is 1. The van der Waals surface area contributed by atoms with Crippen molar-refractivity contribution in [3.63, 3.8) is 0 Å². The second-order valence-electron chi connectivity index (χ2n) is 4.59. The first-order valence-corrected chi connectivity index (χ1v) is 7.50. The molecule has 2 rings (SSSR count). The zero-order chi connectivity index (χ0) is 13.3. The normalized spacial score (nSPS) is 19.4. The summed E-state index contributed by atoms with van der Waals surface area (Å²) in [6.07, 6.45) is 1.74. The molecule has 0 aromatic heterocycles. The molecule has 0 unspecified atom stereocenters. The molecule has 18 heavy (non-hydrogen) atoms. The van der Waals surface area contributed by atoms with Gasteiger partial charge in [-0.1, -0.05) is 18.2 Å². The quantitative estimate of drug-likeness (QED) is 0.891. The fourth-order valence-electron chi connectivity index (χ4n) is 2.33. The molecule has 1 aliphatic rings. The molecule has 1 atom stereocenters. The van der Waals surface area contributed by atoms with Crippen LogP contribution in [0.5, 0.6) is 0 Å². The SMILES string of the molecule is CS(=O)(=O)N1C[C@H](CC(=O)O)Cc2ccccc21. The Morgan fingerprint density at radius 3 is 2.72 bits per heavy atom. The Morgan fingerprint density at radius 1 is 1.44 bits per heavy atom. The summed E-state index contributed by atoms with van der Waals surface area (Å²) in [6, 6.07) is 7.23. The summed E-state index contributed by atoms with van der Waals surface area (Å²) in [4.78, 5) is 10.8. The second-order valence-corrected chi connectivity index (χ2v) is 6.50. The van der Waals surface area contributed by atoms with Crippen LogP contribution in [-0.2, 0) is 21.2 Å². The highest BCUT2D eigenvalue weighted by molar-refractivity contribution is 7.92. The topological polar surface area (TPSA) is 74.7 Å². The molecule has 1 N–H and O–H groups in total. The maximum absolute atomic E-state index is 11.8. The molecule has 5 nitrogen and oxygen atoms in total. The third-order valence-corrected chi connectivity index (χ3v) is 4.20. The Hall–Kier alpha value is -1.56. The molecule has 1 aliphatic heterocycles. The summed E-state index contributed by atoms with van der Waals surface area (Å²) in [6.45, 7) is 0.238. The summed E-state index contributed by atoms with van der Waals surface area (Å²) >= 11 is 0. The lowest BCUT2D eigenvalue weighted by molar-refractivity contribution is -0.138. The molecular weight excluding hydrogens is 254 g/mol. The minimum atomic E-state index is -3.37. The molecule has 0 saturated heterocycles. The van der Waals surface area contributed by atoms with E-state index in [1.807, 2.05) is 12.1 Å². The van der Waals surface area contributed by atoms with Crippen LogP contribution in [0, 0.1) is 5.92 Å². The third-order valence-electron chi connectivity index (χ3n) is 3.06. The van der Waals surface area contributed by atoms with E-state index in [1.165, 1.54) is 4.31 Å². The van der Waals surface area contributed by atoms with E-state index in [9.17, 15) is 13.2 Å². The molecule has 6 heteroatoms. The zero-order valence-corrected chi connectivity index (χ0v) is 10.9. The number of benzene rings is 1. The average Bonchev–Trinajstić information content (AvgIpc) is 2.25. The van der Waals surface area contributed by atoms with Crippen molar-refractivity contribution in [3.8, 4) is 0 Å². The van der Waals surface area contributed by atoms with Gasteiger partial charge in [0.25, 0.3) is 0 Å². The van der Waals surface area contributed by atoms with Crippen LogP contribution in [0.1, 0.15) is 12.0 Å². The average molecular weight is 269 g/mol. The molecule has 0 aliphatic carbocycles. The van der Waals surface area contributed by atoms with E-state index in [0.29, 0.717) is 12.1 Å². The summed E-state index contributed by atoms with van der Waals surface area (Å²) in [5.41, 5.74) is 1.56. The predicted octanol–water partition coefficient (Wildman–Crippen LogP) is 1.10. The number of fused-ring (bicyclic) bond motifs is 1. The van der Waals surface area contributed by atoms with Gasteiger partial charge in [-0.05, 0) is 24.0 Å². The van der Waals surface area contributed by atoms with Crippen molar-refractivity contribution in [2.45, 2.75) is 12.8 Å². The van der Waals surface area contributed by atoms with Crippen molar-refractivity contribution in [2.75, 3.05) is 17.1 Å². The molecule has 0 fully saturated rings. The minimum absolute atomic E-state index is 0.0135. The van der Waals surface area contributed by atoms with Gasteiger partial charge in [0.05, 0.1) is 18.4 Å². The Morgan fingerprint density at radius 2 is 2.11 bits per heavy atom. The highest BCUT2D eigenvalue weighted by Gasteiger charge is 2.30. The van der Waals surface area contributed by atoms with Gasteiger partial charge in [0, 0.05) is 6.54 Å². The number of carboxylic acids is 1. The first kappa shape index (κ1) is 12.9. The highest BCUT2D eigenvalue weighted by atomic mass is 32.2. The fraction of sp³-hybridized carbons (Fsp3) is 0.417. The lowest BCUT2D eigenvalue weighted by atomic mass is 9.91. The van der Waals surface area contributed by atoms with Gasteiger partial charge in [0.15, 0.2) is 0 Å². The van der Waals surface area contributed by atoms with Crippen LogP contribution in [0.15, 0.2) is 24.3 Å².